The van der Waals surface area contributed by atoms with E-state index in [0.717, 1.165) is 4.90 Å². The van der Waals surface area contributed by atoms with E-state index in [4.69, 9.17) is 24.6 Å². The molecule has 0 aromatic heterocycles. The number of esters is 1. The summed E-state index contributed by atoms with van der Waals surface area (Å²) in [7, 11) is 0. The summed E-state index contributed by atoms with van der Waals surface area (Å²) in [5.41, 5.74) is -0.990. The summed E-state index contributed by atoms with van der Waals surface area (Å²) in [6.07, 6.45) is 0.122. The van der Waals surface area contributed by atoms with E-state index in [-0.39, 0.29) is 29.8 Å². The molecule has 0 radical (unpaired) electrons. The first kappa shape index (κ1) is 7.90. The van der Waals surface area contributed by atoms with Crippen molar-refractivity contribution >= 4 is 29.2 Å². The number of halogens is 1. The van der Waals surface area contributed by atoms with E-state index in [1.54, 1.807) is 0 Å². The van der Waals surface area contributed by atoms with Crippen LogP contribution in [0.15, 0.2) is 18.2 Å². The SMILES string of the molecule is [2H]C([2H])([2H])c1cccc(C([2H])([2H])[2H])c1N(C(=O)CCl)C1CCOC1=O. The van der Waals surface area contributed by atoms with Crippen molar-refractivity contribution < 1.29 is 22.6 Å². The highest BCUT2D eigenvalue weighted by Gasteiger charge is 2.37. The maximum absolute atomic E-state index is 12.4. The van der Waals surface area contributed by atoms with Gasteiger partial charge in [-0.1, -0.05) is 18.2 Å². The van der Waals surface area contributed by atoms with Gasteiger partial charge < -0.3 is 4.74 Å². The molecule has 1 atom stereocenters. The van der Waals surface area contributed by atoms with Gasteiger partial charge in [0.2, 0.25) is 5.91 Å². The second-order valence-corrected chi connectivity index (χ2v) is 4.34. The number of alkyl halides is 1. The highest BCUT2D eigenvalue weighted by atomic mass is 35.5. The van der Waals surface area contributed by atoms with Crippen LogP contribution in [0.1, 0.15) is 25.8 Å². The standard InChI is InChI=1S/C14H16ClNO3/c1-9-4-3-5-10(2)13(9)16(12(17)8-15)11-6-7-19-14(11)18/h3-5,11H,6-8H2,1-2H3/i1D3,2D3. The van der Waals surface area contributed by atoms with E-state index in [0.29, 0.717) is 0 Å². The lowest BCUT2D eigenvalue weighted by atomic mass is 10.0. The van der Waals surface area contributed by atoms with Crippen LogP contribution in [-0.2, 0) is 14.3 Å². The van der Waals surface area contributed by atoms with Gasteiger partial charge in [0.05, 0.1) is 12.3 Å². The van der Waals surface area contributed by atoms with E-state index in [1.165, 1.54) is 18.2 Å². The quantitative estimate of drug-likeness (QED) is 0.632. The van der Waals surface area contributed by atoms with Gasteiger partial charge in [0, 0.05) is 14.6 Å². The Morgan fingerprint density at radius 3 is 2.68 bits per heavy atom. The van der Waals surface area contributed by atoms with Crippen molar-refractivity contribution in [3.8, 4) is 0 Å². The maximum Gasteiger partial charge on any atom is 0.329 e. The number of para-hydroxylation sites is 1. The molecule has 1 unspecified atom stereocenters. The molecular formula is C14H16ClNO3. The Hall–Kier alpha value is -1.55. The van der Waals surface area contributed by atoms with E-state index >= 15 is 0 Å². The topological polar surface area (TPSA) is 46.6 Å². The summed E-state index contributed by atoms with van der Waals surface area (Å²) < 4.78 is 51.0. The number of carbonyl (C=O) groups excluding carboxylic acids is 2. The van der Waals surface area contributed by atoms with E-state index in [2.05, 4.69) is 0 Å². The van der Waals surface area contributed by atoms with Crippen molar-refractivity contribution in [2.24, 2.45) is 0 Å². The maximum atomic E-state index is 12.4. The highest BCUT2D eigenvalue weighted by Crippen LogP contribution is 2.29. The van der Waals surface area contributed by atoms with Crippen LogP contribution in [0.2, 0.25) is 0 Å². The lowest BCUT2D eigenvalue weighted by Gasteiger charge is -2.28. The number of hydrogen-bond acceptors (Lipinski definition) is 3. The molecule has 4 nitrogen and oxygen atoms in total. The Labute approximate surface area is 125 Å². The number of amides is 1. The average Bonchev–Trinajstić information content (AvgIpc) is 2.91. The van der Waals surface area contributed by atoms with Gasteiger partial charge in [0.15, 0.2) is 0 Å². The Bertz CT molecular complexity index is 656. The lowest BCUT2D eigenvalue weighted by molar-refractivity contribution is -0.140. The van der Waals surface area contributed by atoms with Crippen molar-refractivity contribution in [3.05, 3.63) is 29.3 Å². The molecule has 19 heavy (non-hydrogen) atoms. The van der Waals surface area contributed by atoms with Crippen molar-refractivity contribution in [1.82, 2.24) is 0 Å². The molecular weight excluding hydrogens is 266 g/mol. The molecule has 0 N–H and O–H groups in total. The normalized spacial score (nSPS) is 24.3. The number of rotatable bonds is 3. The van der Waals surface area contributed by atoms with Crippen LogP contribution in [0.3, 0.4) is 0 Å². The predicted octanol–water partition coefficient (Wildman–Crippen LogP) is 2.19. The Morgan fingerprint density at radius 1 is 1.53 bits per heavy atom. The van der Waals surface area contributed by atoms with E-state index in [9.17, 15) is 9.59 Å². The monoisotopic (exact) mass is 287 g/mol. The molecule has 1 fully saturated rings. The first-order valence-electron chi connectivity index (χ1n) is 8.67. The zero-order valence-electron chi connectivity index (χ0n) is 16.0. The van der Waals surface area contributed by atoms with E-state index < -0.39 is 37.5 Å². The molecule has 2 rings (SSSR count). The Kier molecular flexibility index (Phi) is 2.33. The first-order chi connectivity index (χ1) is 11.5. The summed E-state index contributed by atoms with van der Waals surface area (Å²) in [6, 6.07) is 2.61. The van der Waals surface area contributed by atoms with Gasteiger partial charge in [0.1, 0.15) is 11.9 Å². The average molecular weight is 288 g/mol. The highest BCUT2D eigenvalue weighted by molar-refractivity contribution is 6.30. The lowest BCUT2D eigenvalue weighted by Crippen LogP contribution is -2.44. The molecule has 1 saturated heterocycles. The molecule has 0 bridgehead atoms. The minimum absolute atomic E-state index is 0.0502. The van der Waals surface area contributed by atoms with Gasteiger partial charge in [-0.25, -0.2) is 4.79 Å². The van der Waals surface area contributed by atoms with Gasteiger partial charge in [-0.3, -0.25) is 9.69 Å². The second kappa shape index (κ2) is 5.61. The third kappa shape index (κ3) is 2.59. The summed E-state index contributed by atoms with van der Waals surface area (Å²) in [6.45, 7) is -5.33. The van der Waals surface area contributed by atoms with Crippen LogP contribution in [-0.4, -0.2) is 30.4 Å². The molecule has 5 heteroatoms. The fourth-order valence-corrected chi connectivity index (χ4v) is 2.17. The Balaban J connectivity index is 2.78. The molecule has 1 amide bonds. The van der Waals surface area contributed by atoms with Gasteiger partial charge in [-0.2, -0.15) is 0 Å². The number of carbonyl (C=O) groups is 2. The number of cyclic esters (lactones) is 1. The number of hydrogen-bond donors (Lipinski definition) is 0. The number of ether oxygens (including phenoxy) is 1. The number of nitrogens with zero attached hydrogens (tertiary/aromatic N) is 1. The molecule has 1 aliphatic heterocycles. The molecule has 0 saturated carbocycles. The van der Waals surface area contributed by atoms with Crippen molar-refractivity contribution in [2.45, 2.75) is 26.2 Å². The smallest absolute Gasteiger partial charge is 0.329 e. The molecule has 0 spiro atoms. The summed E-state index contributed by atoms with van der Waals surface area (Å²) in [4.78, 5) is 25.3. The second-order valence-electron chi connectivity index (χ2n) is 4.07. The van der Waals surface area contributed by atoms with Crippen LogP contribution in [0, 0.1) is 13.7 Å². The first-order valence-corrected chi connectivity index (χ1v) is 6.20. The van der Waals surface area contributed by atoms with Gasteiger partial charge in [-0.15, -0.1) is 11.6 Å². The number of aryl methyl sites for hydroxylation is 2. The fraction of sp³-hybridized carbons (Fsp3) is 0.429. The zero-order chi connectivity index (χ0) is 19.0. The molecule has 0 aliphatic carbocycles. The van der Waals surface area contributed by atoms with Gasteiger partial charge in [-0.05, 0) is 24.8 Å². The minimum atomic E-state index is -2.69. The van der Waals surface area contributed by atoms with Gasteiger partial charge >= 0.3 is 5.97 Å². The van der Waals surface area contributed by atoms with E-state index in [1.807, 2.05) is 0 Å². The predicted molar refractivity (Wildman–Crippen MR) is 73.5 cm³/mol. The third-order valence-corrected chi connectivity index (χ3v) is 3.11. The van der Waals surface area contributed by atoms with Crippen LogP contribution >= 0.6 is 11.6 Å². The summed E-state index contributed by atoms with van der Waals surface area (Å²) in [5.74, 6) is -2.04. The number of anilines is 1. The summed E-state index contributed by atoms with van der Waals surface area (Å²) >= 11 is 5.63. The third-order valence-electron chi connectivity index (χ3n) is 2.88. The molecule has 1 heterocycles. The van der Waals surface area contributed by atoms with Crippen LogP contribution < -0.4 is 4.90 Å². The Morgan fingerprint density at radius 2 is 2.21 bits per heavy atom. The molecule has 1 aliphatic rings. The van der Waals surface area contributed by atoms with Crippen molar-refractivity contribution in [3.63, 3.8) is 0 Å². The minimum Gasteiger partial charge on any atom is -0.464 e. The molecule has 102 valence electrons. The number of benzene rings is 1. The van der Waals surface area contributed by atoms with Crippen LogP contribution in [0.4, 0.5) is 5.69 Å². The summed E-state index contributed by atoms with van der Waals surface area (Å²) in [5, 5.41) is 0. The molecule has 1 aromatic carbocycles. The van der Waals surface area contributed by atoms with Gasteiger partial charge in [0.25, 0.3) is 0 Å². The largest absolute Gasteiger partial charge is 0.464 e. The molecule has 1 aromatic rings. The van der Waals surface area contributed by atoms with Crippen LogP contribution in [0.5, 0.6) is 0 Å². The van der Waals surface area contributed by atoms with Crippen LogP contribution in [0.25, 0.3) is 0 Å². The zero-order valence-corrected chi connectivity index (χ0v) is 10.7. The van der Waals surface area contributed by atoms with Crippen molar-refractivity contribution in [1.29, 1.82) is 0 Å². The fourth-order valence-electron chi connectivity index (χ4n) is 2.04. The van der Waals surface area contributed by atoms with Crippen molar-refractivity contribution in [2.75, 3.05) is 17.4 Å².